The number of carbonyl (C=O) groups is 1. The van der Waals surface area contributed by atoms with Crippen molar-refractivity contribution in [3.8, 4) is 5.75 Å². The van der Waals surface area contributed by atoms with Crippen LogP contribution in [0.15, 0.2) is 24.3 Å². The minimum absolute atomic E-state index is 0.158. The molecule has 94 valence electrons. The predicted octanol–water partition coefficient (Wildman–Crippen LogP) is 2.58. The van der Waals surface area contributed by atoms with Crippen molar-refractivity contribution in [3.63, 3.8) is 0 Å². The van der Waals surface area contributed by atoms with Crippen molar-refractivity contribution in [3.05, 3.63) is 29.8 Å². The molecule has 0 radical (unpaired) electrons. The van der Waals surface area contributed by atoms with Gasteiger partial charge in [0.25, 0.3) is 0 Å². The minimum Gasteiger partial charge on any atom is -0.491 e. The van der Waals surface area contributed by atoms with Crippen molar-refractivity contribution < 1.29 is 14.3 Å². The van der Waals surface area contributed by atoms with Crippen LogP contribution in [0.3, 0.4) is 0 Å². The fourth-order valence-electron chi connectivity index (χ4n) is 1.41. The fraction of sp³-hybridized carbons (Fsp3) is 0.500. The summed E-state index contributed by atoms with van der Waals surface area (Å²) in [7, 11) is 1.64. The lowest BCUT2D eigenvalue weighted by Gasteiger charge is -2.21. The van der Waals surface area contributed by atoms with E-state index in [2.05, 4.69) is 0 Å². The van der Waals surface area contributed by atoms with Crippen LogP contribution in [0, 0.1) is 0 Å². The van der Waals surface area contributed by atoms with E-state index >= 15 is 0 Å². The van der Waals surface area contributed by atoms with Gasteiger partial charge in [-0.1, -0.05) is 12.1 Å². The number of methoxy groups -OCH3 is 1. The smallest absolute Gasteiger partial charge is 0.139 e. The number of hydrogen-bond acceptors (Lipinski definition) is 3. The molecule has 0 spiro atoms. The summed E-state index contributed by atoms with van der Waals surface area (Å²) in [5.74, 6) is 0.954. The Labute approximate surface area is 103 Å². The average molecular weight is 236 g/mol. The lowest BCUT2D eigenvalue weighted by atomic mass is 9.81. The van der Waals surface area contributed by atoms with E-state index in [1.54, 1.807) is 14.0 Å². The molecule has 0 aliphatic heterocycles. The number of benzene rings is 1. The molecular weight excluding hydrogens is 216 g/mol. The van der Waals surface area contributed by atoms with Gasteiger partial charge >= 0.3 is 0 Å². The molecule has 0 N–H and O–H groups in total. The van der Waals surface area contributed by atoms with Gasteiger partial charge in [-0.05, 0) is 38.5 Å². The van der Waals surface area contributed by atoms with Crippen molar-refractivity contribution in [1.82, 2.24) is 0 Å². The van der Waals surface area contributed by atoms with E-state index in [0.29, 0.717) is 13.2 Å². The molecule has 0 fully saturated rings. The van der Waals surface area contributed by atoms with Gasteiger partial charge in [0.15, 0.2) is 0 Å². The monoisotopic (exact) mass is 236 g/mol. The molecule has 0 aliphatic carbocycles. The van der Waals surface area contributed by atoms with Crippen LogP contribution in [-0.4, -0.2) is 26.1 Å². The average Bonchev–Trinajstić information content (AvgIpc) is 2.30. The summed E-state index contributed by atoms with van der Waals surface area (Å²) in [4.78, 5) is 11.5. The molecule has 0 saturated heterocycles. The van der Waals surface area contributed by atoms with Crippen LogP contribution in [-0.2, 0) is 14.9 Å². The molecule has 1 aromatic carbocycles. The van der Waals surface area contributed by atoms with Gasteiger partial charge in [-0.15, -0.1) is 0 Å². The third-order valence-corrected chi connectivity index (χ3v) is 3.01. The summed E-state index contributed by atoms with van der Waals surface area (Å²) in [6, 6.07) is 7.64. The quantitative estimate of drug-likeness (QED) is 0.712. The molecule has 1 aromatic rings. The Morgan fingerprint density at radius 3 is 2.24 bits per heavy atom. The van der Waals surface area contributed by atoms with E-state index in [-0.39, 0.29) is 5.78 Å². The first kappa shape index (κ1) is 13.7. The van der Waals surface area contributed by atoms with E-state index < -0.39 is 5.41 Å². The van der Waals surface area contributed by atoms with Gasteiger partial charge in [0.1, 0.15) is 18.1 Å². The highest BCUT2D eigenvalue weighted by Gasteiger charge is 2.25. The molecule has 3 nitrogen and oxygen atoms in total. The maximum atomic E-state index is 11.5. The third kappa shape index (κ3) is 3.56. The molecule has 17 heavy (non-hydrogen) atoms. The van der Waals surface area contributed by atoms with Gasteiger partial charge < -0.3 is 9.47 Å². The molecule has 3 heteroatoms. The molecule has 0 saturated carbocycles. The molecule has 0 aliphatic rings. The summed E-state index contributed by atoms with van der Waals surface area (Å²) in [6.07, 6.45) is 0. The maximum Gasteiger partial charge on any atom is 0.139 e. The van der Waals surface area contributed by atoms with E-state index in [1.807, 2.05) is 38.1 Å². The second-order valence-corrected chi connectivity index (χ2v) is 4.55. The summed E-state index contributed by atoms with van der Waals surface area (Å²) >= 11 is 0. The van der Waals surface area contributed by atoms with Crippen molar-refractivity contribution in [1.29, 1.82) is 0 Å². The Hall–Kier alpha value is -1.35. The number of hydrogen-bond donors (Lipinski definition) is 0. The normalized spacial score (nSPS) is 11.3. The van der Waals surface area contributed by atoms with Crippen LogP contribution in [0.4, 0.5) is 0 Å². The SMILES string of the molecule is COCCOc1ccc(C(C)(C)C(C)=O)cc1. The summed E-state index contributed by atoms with van der Waals surface area (Å²) in [6.45, 7) is 6.57. The Balaban J connectivity index is 2.71. The van der Waals surface area contributed by atoms with Crippen LogP contribution < -0.4 is 4.74 Å². The first-order chi connectivity index (χ1) is 7.98. The van der Waals surface area contributed by atoms with E-state index in [0.717, 1.165) is 11.3 Å². The van der Waals surface area contributed by atoms with Gasteiger partial charge in [-0.2, -0.15) is 0 Å². The van der Waals surface area contributed by atoms with Crippen LogP contribution in [0.2, 0.25) is 0 Å². The van der Waals surface area contributed by atoms with Gasteiger partial charge in [0.05, 0.1) is 6.61 Å². The third-order valence-electron chi connectivity index (χ3n) is 3.01. The van der Waals surface area contributed by atoms with Gasteiger partial charge in [-0.3, -0.25) is 4.79 Å². The Kier molecular flexibility index (Phi) is 4.70. The first-order valence-corrected chi connectivity index (χ1v) is 5.72. The van der Waals surface area contributed by atoms with Gasteiger partial charge in [0, 0.05) is 12.5 Å². The summed E-state index contributed by atoms with van der Waals surface area (Å²) < 4.78 is 10.4. The molecule has 0 atom stereocenters. The molecule has 0 amide bonds. The molecule has 0 aromatic heterocycles. The highest BCUT2D eigenvalue weighted by atomic mass is 16.5. The van der Waals surface area contributed by atoms with Crippen molar-refractivity contribution in [2.45, 2.75) is 26.2 Å². The van der Waals surface area contributed by atoms with Crippen molar-refractivity contribution in [2.24, 2.45) is 0 Å². The van der Waals surface area contributed by atoms with E-state index in [4.69, 9.17) is 9.47 Å². The largest absolute Gasteiger partial charge is 0.491 e. The highest BCUT2D eigenvalue weighted by molar-refractivity contribution is 5.87. The second kappa shape index (κ2) is 5.82. The molecule has 0 bridgehead atoms. The van der Waals surface area contributed by atoms with E-state index in [9.17, 15) is 4.79 Å². The van der Waals surface area contributed by atoms with Crippen LogP contribution in [0.5, 0.6) is 5.75 Å². The zero-order valence-electron chi connectivity index (χ0n) is 10.9. The summed E-state index contributed by atoms with van der Waals surface area (Å²) in [5.41, 5.74) is 0.564. The van der Waals surface area contributed by atoms with Crippen molar-refractivity contribution in [2.75, 3.05) is 20.3 Å². The Bertz CT molecular complexity index is 366. The number of ether oxygens (including phenoxy) is 2. The standard InChI is InChI=1S/C14H20O3/c1-11(15)14(2,3)12-5-7-13(8-6-12)17-10-9-16-4/h5-8H,9-10H2,1-4H3. The number of Topliss-reactive ketones (excluding diaryl/α,β-unsaturated/α-hetero) is 1. The van der Waals surface area contributed by atoms with Crippen molar-refractivity contribution >= 4 is 5.78 Å². The molecule has 1 rings (SSSR count). The molecule has 0 heterocycles. The number of carbonyl (C=O) groups excluding carboxylic acids is 1. The second-order valence-electron chi connectivity index (χ2n) is 4.55. The Morgan fingerprint density at radius 1 is 1.18 bits per heavy atom. The maximum absolute atomic E-state index is 11.5. The zero-order valence-corrected chi connectivity index (χ0v) is 10.9. The van der Waals surface area contributed by atoms with Crippen LogP contribution >= 0.6 is 0 Å². The van der Waals surface area contributed by atoms with Gasteiger partial charge in [0.2, 0.25) is 0 Å². The zero-order chi connectivity index (χ0) is 12.9. The predicted molar refractivity (Wildman–Crippen MR) is 67.5 cm³/mol. The van der Waals surface area contributed by atoms with E-state index in [1.165, 1.54) is 0 Å². The van der Waals surface area contributed by atoms with Crippen LogP contribution in [0.25, 0.3) is 0 Å². The summed E-state index contributed by atoms with van der Waals surface area (Å²) in [5, 5.41) is 0. The van der Waals surface area contributed by atoms with Gasteiger partial charge in [-0.25, -0.2) is 0 Å². The molecule has 0 unspecified atom stereocenters. The number of ketones is 1. The topological polar surface area (TPSA) is 35.5 Å². The minimum atomic E-state index is -0.439. The lowest BCUT2D eigenvalue weighted by molar-refractivity contribution is -0.121. The number of rotatable bonds is 6. The highest BCUT2D eigenvalue weighted by Crippen LogP contribution is 2.25. The molecular formula is C14H20O3. The first-order valence-electron chi connectivity index (χ1n) is 5.72. The Morgan fingerprint density at radius 2 is 1.76 bits per heavy atom. The fourth-order valence-corrected chi connectivity index (χ4v) is 1.41. The van der Waals surface area contributed by atoms with Crippen LogP contribution in [0.1, 0.15) is 26.3 Å². The lowest BCUT2D eigenvalue weighted by Crippen LogP contribution is -2.26.